The van der Waals surface area contributed by atoms with Crippen LogP contribution < -0.4 is 5.32 Å². The topological polar surface area (TPSA) is 54.4 Å². The Morgan fingerprint density at radius 2 is 2.21 bits per heavy atom. The van der Waals surface area contributed by atoms with Crippen LogP contribution in [0.4, 0.5) is 0 Å². The van der Waals surface area contributed by atoms with Gasteiger partial charge in [-0.3, -0.25) is 14.8 Å². The van der Waals surface area contributed by atoms with Crippen molar-refractivity contribution in [2.24, 2.45) is 4.99 Å². The first kappa shape index (κ1) is 11.8. The molecule has 2 aromatic rings. The van der Waals surface area contributed by atoms with Crippen molar-refractivity contribution in [2.45, 2.75) is 25.8 Å². The van der Waals surface area contributed by atoms with Crippen molar-refractivity contribution in [3.63, 3.8) is 0 Å². The van der Waals surface area contributed by atoms with Gasteiger partial charge in [0.25, 0.3) is 0 Å². The van der Waals surface area contributed by atoms with Crippen molar-refractivity contribution in [1.82, 2.24) is 10.3 Å². The molecule has 1 aliphatic rings. The number of carbonyl (C=O) groups excluding carboxylic acids is 1. The molecular weight excluding hydrogens is 238 g/mol. The van der Waals surface area contributed by atoms with E-state index < -0.39 is 0 Å². The van der Waals surface area contributed by atoms with Crippen LogP contribution in [0.1, 0.15) is 25.3 Å². The number of aliphatic imine (C=N–C) groups is 1. The summed E-state index contributed by atoms with van der Waals surface area (Å²) in [5.74, 6) is 0.678. The van der Waals surface area contributed by atoms with E-state index in [9.17, 15) is 4.79 Å². The number of amides is 1. The summed E-state index contributed by atoms with van der Waals surface area (Å²) in [4.78, 5) is 20.5. The first-order chi connectivity index (χ1) is 9.28. The maximum atomic E-state index is 11.8. The zero-order valence-corrected chi connectivity index (χ0v) is 10.8. The predicted molar refractivity (Wildman–Crippen MR) is 75.1 cm³/mol. The summed E-state index contributed by atoms with van der Waals surface area (Å²) in [5.41, 5.74) is 1.88. The minimum atomic E-state index is -0.232. The Balaban J connectivity index is 1.96. The number of nitrogens with one attached hydrogen (secondary N) is 1. The summed E-state index contributed by atoms with van der Waals surface area (Å²) < 4.78 is 0. The number of pyridine rings is 1. The first-order valence-corrected chi connectivity index (χ1v) is 6.52. The highest BCUT2D eigenvalue weighted by molar-refractivity contribution is 6.14. The number of hydrogen-bond donors (Lipinski definition) is 1. The van der Waals surface area contributed by atoms with Crippen LogP contribution in [0.25, 0.3) is 10.9 Å². The van der Waals surface area contributed by atoms with Gasteiger partial charge in [-0.1, -0.05) is 19.4 Å². The van der Waals surface area contributed by atoms with E-state index in [0.717, 1.165) is 29.3 Å². The van der Waals surface area contributed by atoms with Crippen molar-refractivity contribution in [2.75, 3.05) is 0 Å². The normalized spacial score (nSPS) is 18.5. The van der Waals surface area contributed by atoms with Crippen LogP contribution in [-0.4, -0.2) is 22.8 Å². The maximum Gasteiger partial charge on any atom is 0.250 e. The van der Waals surface area contributed by atoms with Gasteiger partial charge in [-0.05, 0) is 30.7 Å². The molecule has 0 fully saturated rings. The fourth-order valence-electron chi connectivity index (χ4n) is 2.29. The van der Waals surface area contributed by atoms with E-state index in [1.165, 1.54) is 0 Å². The zero-order chi connectivity index (χ0) is 13.2. The lowest BCUT2D eigenvalue weighted by molar-refractivity contribution is -0.120. The summed E-state index contributed by atoms with van der Waals surface area (Å²) in [6.07, 6.45) is 3.52. The Bertz CT molecular complexity index is 663. The number of fused-ring (bicyclic) bond motifs is 1. The molecule has 0 saturated heterocycles. The molecule has 96 valence electrons. The Labute approximate surface area is 111 Å². The fraction of sp³-hybridized carbons (Fsp3) is 0.267. The third-order valence-corrected chi connectivity index (χ3v) is 3.27. The molecule has 0 spiro atoms. The van der Waals surface area contributed by atoms with E-state index in [-0.39, 0.29) is 11.9 Å². The van der Waals surface area contributed by atoms with Crippen LogP contribution in [0.2, 0.25) is 0 Å². The molecule has 19 heavy (non-hydrogen) atoms. The second kappa shape index (κ2) is 4.80. The lowest BCUT2D eigenvalue weighted by Gasteiger charge is -2.02. The van der Waals surface area contributed by atoms with Gasteiger partial charge in [-0.2, -0.15) is 0 Å². The molecule has 1 aromatic heterocycles. The van der Waals surface area contributed by atoms with E-state index in [1.807, 2.05) is 30.3 Å². The largest absolute Gasteiger partial charge is 0.309 e. The predicted octanol–water partition coefficient (Wildman–Crippen LogP) is 2.28. The molecule has 4 nitrogen and oxygen atoms in total. The van der Waals surface area contributed by atoms with Crippen LogP contribution >= 0.6 is 0 Å². The van der Waals surface area contributed by atoms with Crippen molar-refractivity contribution in [1.29, 1.82) is 0 Å². The standard InChI is InChI=1S/C15H15N3O/c1-2-4-13-15(19)18-14(17-13)11-6-7-12-10(9-11)5-3-8-16-12/h3,5-9,13H,2,4H2,1H3,(H,17,18,19). The number of carbonyl (C=O) groups is 1. The van der Waals surface area contributed by atoms with Crippen LogP contribution in [0.3, 0.4) is 0 Å². The van der Waals surface area contributed by atoms with Gasteiger partial charge in [0.2, 0.25) is 5.91 Å². The first-order valence-electron chi connectivity index (χ1n) is 6.52. The average Bonchev–Trinajstić information content (AvgIpc) is 2.80. The van der Waals surface area contributed by atoms with Gasteiger partial charge in [0.1, 0.15) is 11.9 Å². The van der Waals surface area contributed by atoms with Crippen molar-refractivity contribution in [3.05, 3.63) is 42.1 Å². The SMILES string of the molecule is CCCC1N=C(c2ccc3ncccc3c2)NC1=O. The number of hydrogen-bond acceptors (Lipinski definition) is 3. The van der Waals surface area contributed by atoms with Crippen LogP contribution in [0.5, 0.6) is 0 Å². The zero-order valence-electron chi connectivity index (χ0n) is 10.8. The molecule has 1 N–H and O–H groups in total. The smallest absolute Gasteiger partial charge is 0.250 e. The van der Waals surface area contributed by atoms with Crippen LogP contribution in [0.15, 0.2) is 41.5 Å². The van der Waals surface area contributed by atoms with Crippen LogP contribution in [-0.2, 0) is 4.79 Å². The number of benzene rings is 1. The fourth-order valence-corrected chi connectivity index (χ4v) is 2.29. The Morgan fingerprint density at radius 3 is 3.05 bits per heavy atom. The Hall–Kier alpha value is -2.23. The molecule has 0 radical (unpaired) electrons. The molecule has 3 rings (SSSR count). The van der Waals surface area contributed by atoms with Gasteiger partial charge in [0.15, 0.2) is 0 Å². The highest BCUT2D eigenvalue weighted by Gasteiger charge is 2.25. The van der Waals surface area contributed by atoms with Gasteiger partial charge >= 0.3 is 0 Å². The molecule has 1 unspecified atom stereocenters. The van der Waals surface area contributed by atoms with E-state index in [2.05, 4.69) is 22.2 Å². The summed E-state index contributed by atoms with van der Waals surface area (Å²) in [5, 5.41) is 3.91. The minimum absolute atomic E-state index is 0.00290. The van der Waals surface area contributed by atoms with E-state index >= 15 is 0 Å². The minimum Gasteiger partial charge on any atom is -0.309 e. The molecule has 1 aromatic carbocycles. The second-order valence-corrected chi connectivity index (χ2v) is 4.68. The third kappa shape index (κ3) is 2.21. The van der Waals surface area contributed by atoms with Gasteiger partial charge in [0, 0.05) is 17.1 Å². The van der Waals surface area contributed by atoms with E-state index in [1.54, 1.807) is 6.20 Å². The Morgan fingerprint density at radius 1 is 1.32 bits per heavy atom. The molecule has 0 bridgehead atoms. The quantitative estimate of drug-likeness (QED) is 0.912. The summed E-state index contributed by atoms with van der Waals surface area (Å²) in [6, 6.07) is 9.59. The monoisotopic (exact) mass is 253 g/mol. The molecule has 1 atom stereocenters. The summed E-state index contributed by atoms with van der Waals surface area (Å²) in [7, 11) is 0. The second-order valence-electron chi connectivity index (χ2n) is 4.68. The number of rotatable bonds is 3. The molecular formula is C15H15N3O. The third-order valence-electron chi connectivity index (χ3n) is 3.27. The van der Waals surface area contributed by atoms with Gasteiger partial charge in [0.05, 0.1) is 5.52 Å². The molecule has 1 aliphatic heterocycles. The van der Waals surface area contributed by atoms with Gasteiger partial charge in [-0.25, -0.2) is 0 Å². The highest BCUT2D eigenvalue weighted by atomic mass is 16.2. The number of aromatic nitrogens is 1. The highest BCUT2D eigenvalue weighted by Crippen LogP contribution is 2.17. The Kier molecular flexibility index (Phi) is 2.99. The lowest BCUT2D eigenvalue weighted by Crippen LogP contribution is -2.29. The molecule has 0 aliphatic carbocycles. The lowest BCUT2D eigenvalue weighted by atomic mass is 10.1. The molecule has 4 heteroatoms. The summed E-state index contributed by atoms with van der Waals surface area (Å²) >= 11 is 0. The van der Waals surface area contributed by atoms with E-state index in [4.69, 9.17) is 0 Å². The molecule has 1 amide bonds. The van der Waals surface area contributed by atoms with Crippen LogP contribution in [0, 0.1) is 0 Å². The maximum absolute atomic E-state index is 11.8. The van der Waals surface area contributed by atoms with Crippen molar-refractivity contribution < 1.29 is 4.79 Å². The van der Waals surface area contributed by atoms with Crippen molar-refractivity contribution >= 4 is 22.6 Å². The average molecular weight is 253 g/mol. The van der Waals surface area contributed by atoms with Gasteiger partial charge < -0.3 is 5.32 Å². The molecule has 2 heterocycles. The van der Waals surface area contributed by atoms with Gasteiger partial charge in [-0.15, -0.1) is 0 Å². The molecule has 0 saturated carbocycles. The summed E-state index contributed by atoms with van der Waals surface area (Å²) in [6.45, 7) is 2.06. The number of amidine groups is 1. The van der Waals surface area contributed by atoms with Crippen molar-refractivity contribution in [3.8, 4) is 0 Å². The number of nitrogens with zero attached hydrogens (tertiary/aromatic N) is 2. The van der Waals surface area contributed by atoms with E-state index in [0.29, 0.717) is 5.84 Å².